The maximum absolute atomic E-state index is 12.6. The number of aliphatic hydroxyl groups is 1. The van der Waals surface area contributed by atoms with Crippen molar-refractivity contribution in [3.05, 3.63) is 12.2 Å². The van der Waals surface area contributed by atoms with Gasteiger partial charge in [0, 0.05) is 13.5 Å². The number of allylic oxidation sites excluding steroid dienone is 2. The average molecular weight is 782 g/mol. The number of likely N-dealkylation sites (N-methyl/N-ethyl adjacent to an activating group) is 3. The first kappa shape index (κ1) is 53.9. The molecule has 1 fully saturated rings. The van der Waals surface area contributed by atoms with Crippen LogP contribution in [0, 0.1) is 23.7 Å². The Morgan fingerprint density at radius 3 is 1.91 bits per heavy atom. The van der Waals surface area contributed by atoms with Crippen LogP contribution in [0.1, 0.15) is 121 Å². The minimum absolute atomic E-state index is 0.0191. The Kier molecular flexibility index (Phi) is 28.5. The Bertz CT molecular complexity index is 1190. The van der Waals surface area contributed by atoms with Gasteiger partial charge in [-0.05, 0) is 104 Å². The smallest absolute Gasteiger partial charge is 0.239 e. The summed E-state index contributed by atoms with van der Waals surface area (Å²) >= 11 is 0. The second kappa shape index (κ2) is 29.1. The molecule has 1 saturated heterocycles. The van der Waals surface area contributed by atoms with Gasteiger partial charge in [-0.25, -0.2) is 0 Å². The van der Waals surface area contributed by atoms with E-state index in [0.29, 0.717) is 31.1 Å². The molecular formula is C41H79N7O7. The Morgan fingerprint density at radius 1 is 0.891 bits per heavy atom. The topological polar surface area (TPSA) is 212 Å². The summed E-state index contributed by atoms with van der Waals surface area (Å²) in [6.07, 6.45) is 8.33. The number of nitrogens with one attached hydrogen (secondary N) is 5. The van der Waals surface area contributed by atoms with Gasteiger partial charge in [-0.2, -0.15) is 0 Å². The fraction of sp³-hybridized carbons (Fsp3) is 0.805. The molecule has 0 saturated carbocycles. The maximum atomic E-state index is 12.6. The fourth-order valence-electron chi connectivity index (χ4n) is 6.07. The Hall–Kier alpha value is -3.20. The van der Waals surface area contributed by atoms with E-state index < -0.39 is 24.1 Å². The van der Waals surface area contributed by atoms with Crippen LogP contribution in [-0.4, -0.2) is 115 Å². The summed E-state index contributed by atoms with van der Waals surface area (Å²) in [5.74, 6) is -0.0320. The molecule has 55 heavy (non-hydrogen) atoms. The van der Waals surface area contributed by atoms with Gasteiger partial charge in [-0.3, -0.25) is 28.8 Å². The number of carbonyl (C=O) groups is 6. The number of hydrogen-bond donors (Lipinski definition) is 7. The van der Waals surface area contributed by atoms with E-state index in [1.807, 2.05) is 74.5 Å². The third-order valence-corrected chi connectivity index (χ3v) is 9.60. The molecule has 8 atom stereocenters. The highest BCUT2D eigenvalue weighted by Crippen LogP contribution is 2.20. The third-order valence-electron chi connectivity index (χ3n) is 9.60. The second-order valence-electron chi connectivity index (χ2n) is 16.0. The van der Waals surface area contributed by atoms with Gasteiger partial charge in [0.1, 0.15) is 12.1 Å². The summed E-state index contributed by atoms with van der Waals surface area (Å²) in [5.41, 5.74) is 5.05. The van der Waals surface area contributed by atoms with Gasteiger partial charge in [0.05, 0.1) is 30.3 Å². The van der Waals surface area contributed by atoms with Crippen molar-refractivity contribution in [2.75, 3.05) is 27.7 Å². The lowest BCUT2D eigenvalue weighted by Crippen LogP contribution is -2.55. The quantitative estimate of drug-likeness (QED) is 0.107. The van der Waals surface area contributed by atoms with Crippen LogP contribution in [0.25, 0.3) is 0 Å². The molecular weight excluding hydrogens is 702 g/mol. The SMILES string of the molecule is C/C=C/C[C@@H](C)[C@@H](O)[C@H]1C(=O)CCCCCNC(C)C(=O)N1C.CN[C@@H](CC(C)C)C(=O)NC(C)C(N)=O.CN[C@H](C(=O)N[C@@H](CC(C)C)C(C)=O)C(C)C. The molecule has 8 N–H and O–H groups in total. The number of Topliss-reactive ketones (excluding diaryl/α,β-unsaturated/α-hetero) is 2. The maximum Gasteiger partial charge on any atom is 0.239 e. The molecule has 2 unspecified atom stereocenters. The van der Waals surface area contributed by atoms with E-state index in [4.69, 9.17) is 5.73 Å². The molecule has 0 radical (unpaired) electrons. The number of nitrogens with zero attached hydrogens (tertiary/aromatic N) is 1. The molecule has 1 aliphatic rings. The van der Waals surface area contributed by atoms with Gasteiger partial charge < -0.3 is 42.3 Å². The first-order valence-electron chi connectivity index (χ1n) is 20.1. The lowest BCUT2D eigenvalue weighted by atomic mass is 9.89. The predicted molar refractivity (Wildman–Crippen MR) is 221 cm³/mol. The second-order valence-corrected chi connectivity index (χ2v) is 16.0. The number of aliphatic hydroxyl groups excluding tert-OH is 1. The summed E-state index contributed by atoms with van der Waals surface area (Å²) in [6.45, 7) is 21.7. The zero-order valence-electron chi connectivity index (χ0n) is 36.6. The van der Waals surface area contributed by atoms with Crippen molar-refractivity contribution in [3.63, 3.8) is 0 Å². The molecule has 0 bridgehead atoms. The average Bonchev–Trinajstić information content (AvgIpc) is 3.11. The fourth-order valence-corrected chi connectivity index (χ4v) is 6.07. The molecule has 14 nitrogen and oxygen atoms in total. The largest absolute Gasteiger partial charge is 0.390 e. The number of nitrogens with two attached hydrogens (primary N) is 1. The molecule has 0 spiro atoms. The molecule has 4 amide bonds. The first-order chi connectivity index (χ1) is 25.6. The van der Waals surface area contributed by atoms with Crippen LogP contribution in [0.5, 0.6) is 0 Å². The van der Waals surface area contributed by atoms with Gasteiger partial charge in [0.15, 0.2) is 11.6 Å². The number of rotatable bonds is 17. The van der Waals surface area contributed by atoms with E-state index in [-0.39, 0.29) is 65.3 Å². The standard InChI is InChI=1S/C18H32N2O3.C13H26N2O2.C10H21N3O2/c1-5-6-10-13(2)17(22)16-15(21)11-8-7-9-12-19-14(3)18(23)20(16)4;1-8(2)7-11(10(5)16)15-13(17)12(14-6)9(3)4;1-6(2)5-8(12-4)10(15)13-7(3)9(11)14/h5-6,13-14,16-17,19,22H,7-12H2,1-4H3;8-9,11-12,14H,7H2,1-6H3,(H,15,17);6-8,12H,5H2,1-4H3,(H2,11,14)(H,13,15)/b6-5+;;/t13-,14?,16-,17-;11-,12-;7?,8-/m100/s1. The first-order valence-corrected chi connectivity index (χ1v) is 20.1. The minimum Gasteiger partial charge on any atom is -0.390 e. The number of hydrogen-bond acceptors (Lipinski definition) is 10. The van der Waals surface area contributed by atoms with Crippen molar-refractivity contribution >= 4 is 35.2 Å². The van der Waals surface area contributed by atoms with Crippen molar-refractivity contribution in [3.8, 4) is 0 Å². The lowest BCUT2D eigenvalue weighted by molar-refractivity contribution is -0.144. The summed E-state index contributed by atoms with van der Waals surface area (Å²) in [6, 6.07) is -2.61. The van der Waals surface area contributed by atoms with E-state index >= 15 is 0 Å². The van der Waals surface area contributed by atoms with Gasteiger partial charge in [-0.15, -0.1) is 0 Å². The Balaban J connectivity index is 0. The van der Waals surface area contributed by atoms with Crippen LogP contribution in [0.3, 0.4) is 0 Å². The summed E-state index contributed by atoms with van der Waals surface area (Å²) in [5, 5.41) is 25.2. The molecule has 0 aromatic heterocycles. The van der Waals surface area contributed by atoms with Crippen LogP contribution in [0.2, 0.25) is 0 Å². The van der Waals surface area contributed by atoms with E-state index in [1.165, 1.54) is 11.8 Å². The van der Waals surface area contributed by atoms with E-state index in [1.54, 1.807) is 28.1 Å². The van der Waals surface area contributed by atoms with Gasteiger partial charge in [-0.1, -0.05) is 67.0 Å². The Morgan fingerprint density at radius 2 is 1.45 bits per heavy atom. The number of carbonyl (C=O) groups excluding carboxylic acids is 6. The van der Waals surface area contributed by atoms with Crippen LogP contribution in [-0.2, 0) is 28.8 Å². The van der Waals surface area contributed by atoms with Gasteiger partial charge in [0.2, 0.25) is 23.6 Å². The van der Waals surface area contributed by atoms with Crippen LogP contribution in [0.15, 0.2) is 12.2 Å². The highest BCUT2D eigenvalue weighted by Gasteiger charge is 2.37. The van der Waals surface area contributed by atoms with E-state index in [9.17, 15) is 33.9 Å². The van der Waals surface area contributed by atoms with Crippen molar-refractivity contribution in [2.24, 2.45) is 29.4 Å². The zero-order valence-corrected chi connectivity index (χ0v) is 36.6. The summed E-state index contributed by atoms with van der Waals surface area (Å²) in [7, 11) is 5.11. The zero-order chi connectivity index (χ0) is 43.0. The van der Waals surface area contributed by atoms with Crippen LogP contribution < -0.4 is 32.3 Å². The van der Waals surface area contributed by atoms with Crippen molar-refractivity contribution in [1.82, 2.24) is 31.5 Å². The molecule has 14 heteroatoms. The highest BCUT2D eigenvalue weighted by atomic mass is 16.3. The van der Waals surface area contributed by atoms with Crippen molar-refractivity contribution in [2.45, 2.75) is 163 Å². The molecule has 1 aliphatic heterocycles. The van der Waals surface area contributed by atoms with E-state index in [2.05, 4.69) is 26.6 Å². The van der Waals surface area contributed by atoms with Crippen molar-refractivity contribution < 1.29 is 33.9 Å². The third kappa shape index (κ3) is 22.2. The van der Waals surface area contributed by atoms with Crippen LogP contribution >= 0.6 is 0 Å². The normalized spacial score (nSPS) is 20.2. The minimum atomic E-state index is -0.847. The van der Waals surface area contributed by atoms with Gasteiger partial charge in [0.25, 0.3) is 0 Å². The van der Waals surface area contributed by atoms with E-state index in [0.717, 1.165) is 32.2 Å². The molecule has 0 aliphatic carbocycles. The highest BCUT2D eigenvalue weighted by molar-refractivity contribution is 5.91. The van der Waals surface area contributed by atoms with Crippen molar-refractivity contribution in [1.29, 1.82) is 0 Å². The number of primary amides is 1. The number of amides is 4. The molecule has 1 heterocycles. The summed E-state index contributed by atoms with van der Waals surface area (Å²) in [4.78, 5) is 72.5. The Labute approximate surface area is 332 Å². The predicted octanol–water partition coefficient (Wildman–Crippen LogP) is 2.86. The molecule has 320 valence electrons. The van der Waals surface area contributed by atoms with Crippen LogP contribution in [0.4, 0.5) is 0 Å². The molecule has 0 aromatic rings. The monoisotopic (exact) mass is 782 g/mol. The molecule has 0 aromatic carbocycles. The summed E-state index contributed by atoms with van der Waals surface area (Å²) < 4.78 is 0. The van der Waals surface area contributed by atoms with Gasteiger partial charge >= 0.3 is 0 Å². The molecule has 1 rings (SSSR count). The number of ketones is 2. The lowest BCUT2D eigenvalue weighted by Gasteiger charge is -2.35.